The van der Waals surface area contributed by atoms with Gasteiger partial charge in [-0.3, -0.25) is 14.9 Å². The number of non-ortho nitro benzene ring substituents is 1. The van der Waals surface area contributed by atoms with Crippen LogP contribution in [0.3, 0.4) is 0 Å². The van der Waals surface area contributed by atoms with Crippen LogP contribution < -0.4 is 5.32 Å². The fraction of sp³-hybridized carbons (Fsp3) is 0.100. The summed E-state index contributed by atoms with van der Waals surface area (Å²) in [6, 6.07) is 12.8. The fourth-order valence-corrected chi connectivity index (χ4v) is 3.08. The van der Waals surface area contributed by atoms with E-state index in [9.17, 15) is 19.7 Å². The number of carbonyl (C=O) groups excluding carboxylic acids is 2. The lowest BCUT2D eigenvalue weighted by Gasteiger charge is -2.03. The van der Waals surface area contributed by atoms with Gasteiger partial charge in [0, 0.05) is 39.6 Å². The minimum absolute atomic E-state index is 0.0428. The van der Waals surface area contributed by atoms with Crippen LogP contribution >= 0.6 is 0 Å². The van der Waals surface area contributed by atoms with Gasteiger partial charge in [0.15, 0.2) is 0 Å². The Morgan fingerprint density at radius 1 is 1.00 bits per heavy atom. The lowest BCUT2D eigenvalue weighted by molar-refractivity contribution is -0.384. The molecule has 0 unspecified atom stereocenters. The largest absolute Gasteiger partial charge is 0.461 e. The number of carbonyl (C=O) groups is 2. The molecule has 9 nitrogen and oxygen atoms in total. The Kier molecular flexibility index (Phi) is 4.47. The molecule has 2 aromatic carbocycles. The van der Waals surface area contributed by atoms with Crippen molar-refractivity contribution in [1.29, 1.82) is 0 Å². The quantitative estimate of drug-likeness (QED) is 0.269. The maximum atomic E-state index is 12.6. The van der Waals surface area contributed by atoms with Gasteiger partial charge in [0.1, 0.15) is 11.4 Å². The van der Waals surface area contributed by atoms with Crippen molar-refractivity contribution < 1.29 is 19.2 Å². The number of nitro benzene ring substituents is 1. The first-order valence-electron chi connectivity index (χ1n) is 8.83. The van der Waals surface area contributed by atoms with Gasteiger partial charge in [-0.15, -0.1) is 0 Å². The van der Waals surface area contributed by atoms with Gasteiger partial charge in [0.05, 0.1) is 11.5 Å². The van der Waals surface area contributed by atoms with Crippen molar-refractivity contribution in [2.75, 3.05) is 11.9 Å². The van der Waals surface area contributed by atoms with Crippen molar-refractivity contribution in [3.63, 3.8) is 0 Å². The number of rotatable bonds is 5. The molecule has 0 spiro atoms. The number of hydrogen-bond donors (Lipinski definition) is 3. The Morgan fingerprint density at radius 2 is 1.66 bits per heavy atom. The monoisotopic (exact) mass is 392 g/mol. The average Bonchev–Trinajstić information content (AvgIpc) is 3.31. The lowest BCUT2D eigenvalue weighted by Crippen LogP contribution is -2.11. The molecule has 3 N–H and O–H groups in total. The van der Waals surface area contributed by atoms with Crippen LogP contribution in [0.25, 0.3) is 21.8 Å². The molecule has 9 heteroatoms. The smallest absolute Gasteiger partial charge is 0.354 e. The van der Waals surface area contributed by atoms with Crippen molar-refractivity contribution in [3.8, 4) is 0 Å². The third-order valence-corrected chi connectivity index (χ3v) is 4.43. The summed E-state index contributed by atoms with van der Waals surface area (Å²) < 4.78 is 4.98. The van der Waals surface area contributed by atoms with E-state index >= 15 is 0 Å². The molecule has 4 rings (SSSR count). The second-order valence-corrected chi connectivity index (χ2v) is 6.37. The maximum Gasteiger partial charge on any atom is 0.354 e. The number of fused-ring (bicyclic) bond motifs is 2. The Hall–Kier alpha value is -4.14. The number of aromatic amines is 2. The highest BCUT2D eigenvalue weighted by Gasteiger charge is 2.14. The molecular weight excluding hydrogens is 376 g/mol. The number of ether oxygens (including phenoxy) is 1. The fourth-order valence-electron chi connectivity index (χ4n) is 3.08. The summed E-state index contributed by atoms with van der Waals surface area (Å²) in [5.74, 6) is -0.828. The Balaban J connectivity index is 1.57. The van der Waals surface area contributed by atoms with Gasteiger partial charge in [-0.1, -0.05) is 0 Å². The number of nitrogens with one attached hydrogen (secondary N) is 3. The maximum absolute atomic E-state index is 12.6. The number of aromatic nitrogens is 2. The number of amides is 1. The molecule has 146 valence electrons. The summed E-state index contributed by atoms with van der Waals surface area (Å²) in [7, 11) is 0. The lowest BCUT2D eigenvalue weighted by atomic mass is 10.2. The van der Waals surface area contributed by atoms with E-state index in [0.29, 0.717) is 22.3 Å². The van der Waals surface area contributed by atoms with Crippen LogP contribution in [0.1, 0.15) is 27.9 Å². The first-order chi connectivity index (χ1) is 13.9. The first kappa shape index (κ1) is 18.2. The molecule has 29 heavy (non-hydrogen) atoms. The van der Waals surface area contributed by atoms with E-state index in [1.54, 1.807) is 43.3 Å². The molecule has 0 aliphatic carbocycles. The van der Waals surface area contributed by atoms with Gasteiger partial charge in [-0.25, -0.2) is 4.79 Å². The summed E-state index contributed by atoms with van der Waals surface area (Å²) in [5, 5.41) is 15.0. The topological polar surface area (TPSA) is 130 Å². The minimum Gasteiger partial charge on any atom is -0.461 e. The highest BCUT2D eigenvalue weighted by molar-refractivity contribution is 6.07. The van der Waals surface area contributed by atoms with E-state index in [0.717, 1.165) is 10.9 Å². The number of esters is 1. The van der Waals surface area contributed by atoms with Crippen LogP contribution in [-0.4, -0.2) is 33.4 Å². The molecule has 0 radical (unpaired) electrons. The zero-order chi connectivity index (χ0) is 20.5. The van der Waals surface area contributed by atoms with Crippen LogP contribution in [0.4, 0.5) is 11.4 Å². The Bertz CT molecular complexity index is 1270. The number of nitro groups is 1. The first-order valence-corrected chi connectivity index (χ1v) is 8.83. The second kappa shape index (κ2) is 7.12. The number of benzene rings is 2. The predicted molar refractivity (Wildman–Crippen MR) is 107 cm³/mol. The van der Waals surface area contributed by atoms with Crippen molar-refractivity contribution in [2.24, 2.45) is 0 Å². The molecular formula is C20H16N4O5. The SMILES string of the molecule is CCOC(=O)c1cc2cc(NC(=O)c3cc4cc([N+](=O)[O-])ccc4[nH]3)ccc2[nH]1. The molecule has 0 saturated heterocycles. The van der Waals surface area contributed by atoms with Crippen LogP contribution in [0.5, 0.6) is 0 Å². The summed E-state index contributed by atoms with van der Waals surface area (Å²) in [4.78, 5) is 40.8. The predicted octanol–water partition coefficient (Wildman–Crippen LogP) is 3.99. The third kappa shape index (κ3) is 3.53. The number of anilines is 1. The third-order valence-electron chi connectivity index (χ3n) is 4.43. The van der Waals surface area contributed by atoms with Gasteiger partial charge in [0.25, 0.3) is 11.6 Å². The van der Waals surface area contributed by atoms with Crippen molar-refractivity contribution >= 4 is 45.1 Å². The molecule has 0 bridgehead atoms. The van der Waals surface area contributed by atoms with E-state index in [1.807, 2.05) is 0 Å². The van der Waals surface area contributed by atoms with E-state index in [1.165, 1.54) is 12.1 Å². The number of nitrogens with zero attached hydrogens (tertiary/aromatic N) is 1. The number of H-pyrrole nitrogens is 2. The standard InChI is InChI=1S/C20H16N4O5/c1-2-29-20(26)18-10-11-7-13(3-5-15(11)23-18)21-19(25)17-9-12-8-14(24(27)28)4-6-16(12)22-17/h3-10,22-23H,2H2,1H3,(H,21,25). The summed E-state index contributed by atoms with van der Waals surface area (Å²) in [6.45, 7) is 2.01. The van der Waals surface area contributed by atoms with Crippen LogP contribution in [0, 0.1) is 10.1 Å². The highest BCUT2D eigenvalue weighted by Crippen LogP contribution is 2.24. The second-order valence-electron chi connectivity index (χ2n) is 6.37. The van der Waals surface area contributed by atoms with E-state index < -0.39 is 10.9 Å². The summed E-state index contributed by atoms with van der Waals surface area (Å²) in [5.41, 5.74) is 2.48. The van der Waals surface area contributed by atoms with Gasteiger partial charge in [-0.05, 0) is 43.3 Å². The molecule has 1 amide bonds. The van der Waals surface area contributed by atoms with Crippen LogP contribution in [0.15, 0.2) is 48.5 Å². The summed E-state index contributed by atoms with van der Waals surface area (Å²) >= 11 is 0. The van der Waals surface area contributed by atoms with Gasteiger partial charge < -0.3 is 20.0 Å². The molecule has 0 aliphatic rings. The average molecular weight is 392 g/mol. The minimum atomic E-state index is -0.483. The molecule has 2 aromatic heterocycles. The number of hydrogen-bond acceptors (Lipinski definition) is 5. The Labute approximate surface area is 163 Å². The molecule has 0 aliphatic heterocycles. The molecule has 0 atom stereocenters. The molecule has 0 saturated carbocycles. The van der Waals surface area contributed by atoms with Crippen molar-refractivity contribution in [1.82, 2.24) is 9.97 Å². The van der Waals surface area contributed by atoms with Gasteiger partial charge in [-0.2, -0.15) is 0 Å². The van der Waals surface area contributed by atoms with Crippen molar-refractivity contribution in [2.45, 2.75) is 6.92 Å². The molecule has 4 aromatic rings. The Morgan fingerprint density at radius 3 is 2.38 bits per heavy atom. The van der Waals surface area contributed by atoms with Crippen LogP contribution in [-0.2, 0) is 4.74 Å². The molecule has 2 heterocycles. The van der Waals surface area contributed by atoms with Crippen molar-refractivity contribution in [3.05, 3.63) is 70.0 Å². The molecule has 0 fully saturated rings. The highest BCUT2D eigenvalue weighted by atomic mass is 16.6. The van der Waals surface area contributed by atoms with Gasteiger partial charge >= 0.3 is 5.97 Å². The van der Waals surface area contributed by atoms with E-state index in [-0.39, 0.29) is 23.9 Å². The van der Waals surface area contributed by atoms with Gasteiger partial charge in [0.2, 0.25) is 0 Å². The van der Waals surface area contributed by atoms with E-state index in [4.69, 9.17) is 4.74 Å². The van der Waals surface area contributed by atoms with Crippen LogP contribution in [0.2, 0.25) is 0 Å². The summed E-state index contributed by atoms with van der Waals surface area (Å²) in [6.07, 6.45) is 0. The zero-order valence-corrected chi connectivity index (χ0v) is 15.3. The zero-order valence-electron chi connectivity index (χ0n) is 15.3. The normalized spacial score (nSPS) is 10.9. The van der Waals surface area contributed by atoms with E-state index in [2.05, 4.69) is 15.3 Å².